The predicted molar refractivity (Wildman–Crippen MR) is 82.7 cm³/mol. The first-order chi connectivity index (χ1) is 11.7. The number of hydrogen-bond donors (Lipinski definition) is 1. The summed E-state index contributed by atoms with van der Waals surface area (Å²) >= 11 is 0. The van der Waals surface area contributed by atoms with Gasteiger partial charge in [0.2, 0.25) is 11.8 Å². The van der Waals surface area contributed by atoms with E-state index in [1.165, 1.54) is 0 Å². The number of aromatic nitrogens is 1. The largest absolute Gasteiger partial charge is 0.405 e. The van der Waals surface area contributed by atoms with Gasteiger partial charge in [-0.15, -0.1) is 0 Å². The summed E-state index contributed by atoms with van der Waals surface area (Å²) in [6, 6.07) is 0. The van der Waals surface area contributed by atoms with E-state index in [0.29, 0.717) is 44.5 Å². The molecule has 6 nitrogen and oxygen atoms in total. The van der Waals surface area contributed by atoms with E-state index in [0.717, 1.165) is 11.3 Å². The van der Waals surface area contributed by atoms with Gasteiger partial charge in [0, 0.05) is 31.0 Å². The quantitative estimate of drug-likeness (QED) is 0.872. The van der Waals surface area contributed by atoms with Gasteiger partial charge in [-0.05, 0) is 33.1 Å². The Bertz CT molecular complexity index is 600. The molecule has 1 fully saturated rings. The second kappa shape index (κ2) is 7.88. The number of rotatable bonds is 5. The van der Waals surface area contributed by atoms with Crippen LogP contribution < -0.4 is 5.32 Å². The molecule has 0 aromatic carbocycles. The van der Waals surface area contributed by atoms with E-state index in [1.807, 2.05) is 12.2 Å². The maximum atomic E-state index is 12.3. The van der Waals surface area contributed by atoms with Crippen molar-refractivity contribution in [3.8, 4) is 0 Å². The Labute approximate surface area is 143 Å². The minimum absolute atomic E-state index is 0.0332. The summed E-state index contributed by atoms with van der Waals surface area (Å²) in [5.41, 5.74) is 1.69. The second-order valence-electron chi connectivity index (χ2n) is 6.29. The Morgan fingerprint density at radius 2 is 1.92 bits per heavy atom. The van der Waals surface area contributed by atoms with Crippen molar-refractivity contribution >= 4 is 11.8 Å². The molecule has 25 heavy (non-hydrogen) atoms. The zero-order chi connectivity index (χ0) is 18.6. The summed E-state index contributed by atoms with van der Waals surface area (Å²) in [6.45, 7) is 3.06. The van der Waals surface area contributed by atoms with Crippen LogP contribution in [0.1, 0.15) is 36.3 Å². The van der Waals surface area contributed by atoms with Crippen molar-refractivity contribution in [1.29, 1.82) is 0 Å². The molecule has 0 bridgehead atoms. The highest BCUT2D eigenvalue weighted by Gasteiger charge is 2.31. The Morgan fingerprint density at radius 1 is 1.28 bits per heavy atom. The summed E-state index contributed by atoms with van der Waals surface area (Å²) in [7, 11) is 0. The minimum Gasteiger partial charge on any atom is -0.361 e. The third kappa shape index (κ3) is 5.47. The molecule has 2 heterocycles. The summed E-state index contributed by atoms with van der Waals surface area (Å²) in [4.78, 5) is 25.7. The normalized spacial score (nSPS) is 16.1. The van der Waals surface area contributed by atoms with Gasteiger partial charge in [0.05, 0.1) is 5.69 Å². The monoisotopic (exact) mass is 361 g/mol. The number of halogens is 3. The highest BCUT2D eigenvalue weighted by molar-refractivity contribution is 5.80. The average Bonchev–Trinajstić information content (AvgIpc) is 2.88. The molecular weight excluding hydrogens is 339 g/mol. The molecule has 9 heteroatoms. The van der Waals surface area contributed by atoms with Crippen LogP contribution in [0.15, 0.2) is 4.52 Å². The number of carbonyl (C=O) groups is 2. The van der Waals surface area contributed by atoms with E-state index in [2.05, 4.69) is 5.16 Å². The van der Waals surface area contributed by atoms with Crippen LogP contribution in [0.4, 0.5) is 13.2 Å². The summed E-state index contributed by atoms with van der Waals surface area (Å²) < 4.78 is 41.5. The lowest BCUT2D eigenvalue weighted by Crippen LogP contribution is -2.44. The van der Waals surface area contributed by atoms with E-state index >= 15 is 0 Å². The molecule has 2 amide bonds. The average molecular weight is 361 g/mol. The first-order valence-electron chi connectivity index (χ1n) is 8.21. The van der Waals surface area contributed by atoms with Gasteiger partial charge >= 0.3 is 6.18 Å². The van der Waals surface area contributed by atoms with E-state index in [1.54, 1.807) is 11.8 Å². The number of likely N-dealkylation sites (tertiary alicyclic amines) is 1. The van der Waals surface area contributed by atoms with Crippen LogP contribution in [0.5, 0.6) is 0 Å². The second-order valence-corrected chi connectivity index (χ2v) is 6.29. The van der Waals surface area contributed by atoms with Crippen LogP contribution in [0, 0.1) is 19.8 Å². The van der Waals surface area contributed by atoms with Gasteiger partial charge in [0.15, 0.2) is 0 Å². The number of nitrogens with one attached hydrogen (secondary N) is 1. The number of hydrogen-bond acceptors (Lipinski definition) is 4. The number of nitrogens with zero attached hydrogens (tertiary/aromatic N) is 2. The van der Waals surface area contributed by atoms with Crippen molar-refractivity contribution in [3.05, 3.63) is 17.0 Å². The summed E-state index contributed by atoms with van der Waals surface area (Å²) in [5.74, 6) is -0.409. The van der Waals surface area contributed by atoms with E-state index in [9.17, 15) is 22.8 Å². The zero-order valence-corrected chi connectivity index (χ0v) is 14.3. The molecule has 1 aliphatic heterocycles. The molecule has 1 N–H and O–H groups in total. The number of piperidine rings is 1. The van der Waals surface area contributed by atoms with Crippen LogP contribution >= 0.6 is 0 Å². The number of amides is 2. The minimum atomic E-state index is -4.41. The first-order valence-corrected chi connectivity index (χ1v) is 8.21. The molecule has 140 valence electrons. The molecule has 1 saturated heterocycles. The van der Waals surface area contributed by atoms with E-state index < -0.39 is 24.5 Å². The molecule has 2 rings (SSSR count). The zero-order valence-electron chi connectivity index (χ0n) is 14.3. The third-order valence-corrected chi connectivity index (χ3v) is 4.45. The SMILES string of the molecule is Cc1noc(C)c1CCC(=O)N1CCC(C(=O)NCC(F)(F)F)CC1. The van der Waals surface area contributed by atoms with Crippen molar-refractivity contribution in [2.24, 2.45) is 5.92 Å². The molecular formula is C16H22F3N3O3. The fourth-order valence-electron chi connectivity index (χ4n) is 2.97. The van der Waals surface area contributed by atoms with E-state index in [-0.39, 0.29) is 5.91 Å². The molecule has 0 spiro atoms. The molecule has 1 aliphatic rings. The molecule has 0 aliphatic carbocycles. The molecule has 1 aromatic rings. The lowest BCUT2D eigenvalue weighted by Gasteiger charge is -2.31. The number of carbonyl (C=O) groups excluding carboxylic acids is 2. The summed E-state index contributed by atoms with van der Waals surface area (Å²) in [6.07, 6.45) is -2.81. The fourth-order valence-corrected chi connectivity index (χ4v) is 2.97. The van der Waals surface area contributed by atoms with Crippen molar-refractivity contribution in [1.82, 2.24) is 15.4 Å². The van der Waals surface area contributed by atoms with Crippen LogP contribution in [0.2, 0.25) is 0 Å². The van der Waals surface area contributed by atoms with Crippen molar-refractivity contribution in [2.75, 3.05) is 19.6 Å². The van der Waals surface area contributed by atoms with Gasteiger partial charge in [-0.2, -0.15) is 13.2 Å². The lowest BCUT2D eigenvalue weighted by molar-refractivity contribution is -0.143. The van der Waals surface area contributed by atoms with Crippen LogP contribution in [0.3, 0.4) is 0 Å². The van der Waals surface area contributed by atoms with Gasteiger partial charge in [-0.3, -0.25) is 9.59 Å². The number of alkyl halides is 3. The van der Waals surface area contributed by atoms with Crippen LogP contribution in [-0.4, -0.2) is 47.7 Å². The Hall–Kier alpha value is -2.06. The molecule has 0 unspecified atom stereocenters. The van der Waals surface area contributed by atoms with Crippen molar-refractivity contribution < 1.29 is 27.3 Å². The highest BCUT2D eigenvalue weighted by Crippen LogP contribution is 2.20. The number of aryl methyl sites for hydroxylation is 2. The van der Waals surface area contributed by atoms with Gasteiger partial charge in [-0.25, -0.2) is 0 Å². The first kappa shape index (κ1) is 19.3. The van der Waals surface area contributed by atoms with Crippen LogP contribution in [0.25, 0.3) is 0 Å². The third-order valence-electron chi connectivity index (χ3n) is 4.45. The molecule has 1 aromatic heterocycles. The Kier molecular flexibility index (Phi) is 6.07. The predicted octanol–water partition coefficient (Wildman–Crippen LogP) is 2.14. The highest BCUT2D eigenvalue weighted by atomic mass is 19.4. The summed E-state index contributed by atoms with van der Waals surface area (Å²) in [5, 5.41) is 5.75. The smallest absolute Gasteiger partial charge is 0.361 e. The maximum Gasteiger partial charge on any atom is 0.405 e. The van der Waals surface area contributed by atoms with Gasteiger partial charge < -0.3 is 14.7 Å². The molecule has 0 saturated carbocycles. The van der Waals surface area contributed by atoms with Gasteiger partial charge in [-0.1, -0.05) is 5.16 Å². The van der Waals surface area contributed by atoms with E-state index in [4.69, 9.17) is 4.52 Å². The molecule has 0 radical (unpaired) electrons. The lowest BCUT2D eigenvalue weighted by atomic mass is 9.95. The standard InChI is InChI=1S/C16H22F3N3O3/c1-10-13(11(2)25-21-10)3-4-14(23)22-7-5-12(6-8-22)15(24)20-9-16(17,18)19/h12H,3-9H2,1-2H3,(H,20,24). The Morgan fingerprint density at radius 3 is 2.44 bits per heavy atom. The molecule has 0 atom stereocenters. The van der Waals surface area contributed by atoms with Gasteiger partial charge in [0.25, 0.3) is 0 Å². The fraction of sp³-hybridized carbons (Fsp3) is 0.688. The Balaban J connectivity index is 1.75. The van der Waals surface area contributed by atoms with Crippen molar-refractivity contribution in [3.63, 3.8) is 0 Å². The van der Waals surface area contributed by atoms with Crippen LogP contribution in [-0.2, 0) is 16.0 Å². The maximum absolute atomic E-state index is 12.3. The topological polar surface area (TPSA) is 75.4 Å². The van der Waals surface area contributed by atoms with Gasteiger partial charge in [0.1, 0.15) is 12.3 Å². The van der Waals surface area contributed by atoms with Crippen molar-refractivity contribution in [2.45, 2.75) is 45.7 Å².